The van der Waals surface area contributed by atoms with E-state index < -0.39 is 12.6 Å². The number of nitrogens with zero attached hydrogens (tertiary/aromatic N) is 3. The summed E-state index contributed by atoms with van der Waals surface area (Å²) in [4.78, 5) is 8.32. The van der Waals surface area contributed by atoms with Crippen LogP contribution in [0.3, 0.4) is 0 Å². The van der Waals surface area contributed by atoms with Crippen molar-refractivity contribution in [3.05, 3.63) is 29.3 Å². The van der Waals surface area contributed by atoms with Gasteiger partial charge in [-0.3, -0.25) is 4.99 Å². The van der Waals surface area contributed by atoms with Crippen molar-refractivity contribution in [2.45, 2.75) is 19.5 Å². The van der Waals surface area contributed by atoms with E-state index in [-0.39, 0.29) is 6.54 Å². The summed E-state index contributed by atoms with van der Waals surface area (Å²) < 4.78 is 36.9. The Morgan fingerprint density at radius 1 is 1.25 bits per heavy atom. The zero-order valence-corrected chi connectivity index (χ0v) is 14.4. The topological polar surface area (TPSA) is 30.9 Å². The molecule has 1 N–H and O–H groups in total. The van der Waals surface area contributed by atoms with Gasteiger partial charge < -0.3 is 15.1 Å². The molecular weight excluding hydrogens is 341 g/mol. The van der Waals surface area contributed by atoms with Crippen LogP contribution >= 0.6 is 11.6 Å². The second-order valence-corrected chi connectivity index (χ2v) is 5.99. The van der Waals surface area contributed by atoms with Crippen molar-refractivity contribution in [2.75, 3.05) is 44.2 Å². The number of anilines is 1. The van der Waals surface area contributed by atoms with Crippen molar-refractivity contribution in [3.63, 3.8) is 0 Å². The molecule has 0 bridgehead atoms. The lowest BCUT2D eigenvalue weighted by molar-refractivity contribution is -0.132. The molecule has 1 saturated heterocycles. The number of benzene rings is 1. The van der Waals surface area contributed by atoms with Crippen molar-refractivity contribution in [2.24, 2.45) is 4.99 Å². The molecule has 2 rings (SSSR count). The molecular formula is C16H22ClF3N4. The van der Waals surface area contributed by atoms with Gasteiger partial charge in [-0.15, -0.1) is 0 Å². The Labute approximate surface area is 145 Å². The number of rotatable bonds is 4. The number of nitrogens with one attached hydrogen (secondary N) is 1. The lowest BCUT2D eigenvalue weighted by Crippen LogP contribution is -2.52. The molecule has 8 heteroatoms. The van der Waals surface area contributed by atoms with E-state index in [0.29, 0.717) is 30.6 Å². The number of hydrogen-bond donors (Lipinski definition) is 1. The highest BCUT2D eigenvalue weighted by molar-refractivity contribution is 6.30. The first-order chi connectivity index (χ1) is 11.4. The third-order valence-corrected chi connectivity index (χ3v) is 3.98. The molecule has 24 heavy (non-hydrogen) atoms. The van der Waals surface area contributed by atoms with Crippen LogP contribution in [0.15, 0.2) is 29.3 Å². The predicted molar refractivity (Wildman–Crippen MR) is 91.9 cm³/mol. The van der Waals surface area contributed by atoms with E-state index in [4.69, 9.17) is 11.6 Å². The van der Waals surface area contributed by atoms with Crippen LogP contribution in [0.25, 0.3) is 0 Å². The van der Waals surface area contributed by atoms with E-state index in [2.05, 4.69) is 15.2 Å². The van der Waals surface area contributed by atoms with Gasteiger partial charge in [-0.2, -0.15) is 13.2 Å². The van der Waals surface area contributed by atoms with Crippen LogP contribution in [-0.2, 0) is 0 Å². The predicted octanol–water partition coefficient (Wildman–Crippen LogP) is 3.38. The van der Waals surface area contributed by atoms with Crippen LogP contribution in [0.1, 0.15) is 13.3 Å². The summed E-state index contributed by atoms with van der Waals surface area (Å²) in [7, 11) is 0. The van der Waals surface area contributed by atoms with Crippen LogP contribution in [0.5, 0.6) is 0 Å². The van der Waals surface area contributed by atoms with Crippen LogP contribution in [-0.4, -0.2) is 56.3 Å². The number of guanidine groups is 1. The van der Waals surface area contributed by atoms with Gasteiger partial charge in [-0.25, -0.2) is 0 Å². The van der Waals surface area contributed by atoms with E-state index in [1.807, 2.05) is 36.1 Å². The van der Waals surface area contributed by atoms with Gasteiger partial charge in [0, 0.05) is 43.4 Å². The monoisotopic (exact) mass is 362 g/mol. The summed E-state index contributed by atoms with van der Waals surface area (Å²) in [5.74, 6) is 0.549. The summed E-state index contributed by atoms with van der Waals surface area (Å²) in [6.07, 6.45) is -5.07. The van der Waals surface area contributed by atoms with Gasteiger partial charge in [0.25, 0.3) is 0 Å². The number of alkyl halides is 3. The fraction of sp³-hybridized carbons (Fsp3) is 0.562. The molecule has 1 aliphatic rings. The van der Waals surface area contributed by atoms with Crippen LogP contribution in [0.4, 0.5) is 18.9 Å². The molecule has 0 unspecified atom stereocenters. The number of piperazine rings is 1. The van der Waals surface area contributed by atoms with Gasteiger partial charge in [0.1, 0.15) is 0 Å². The first-order valence-corrected chi connectivity index (χ1v) is 8.37. The summed E-state index contributed by atoms with van der Waals surface area (Å²) in [5, 5.41) is 3.76. The van der Waals surface area contributed by atoms with Crippen molar-refractivity contribution < 1.29 is 13.2 Å². The molecule has 1 heterocycles. The lowest BCUT2D eigenvalue weighted by atomic mass is 10.2. The largest absolute Gasteiger partial charge is 0.390 e. The average molecular weight is 363 g/mol. The summed E-state index contributed by atoms with van der Waals surface area (Å²) in [6.45, 7) is 5.21. The zero-order valence-electron chi connectivity index (χ0n) is 13.6. The average Bonchev–Trinajstić information content (AvgIpc) is 2.53. The molecule has 0 aromatic heterocycles. The molecule has 0 amide bonds. The van der Waals surface area contributed by atoms with Crippen molar-refractivity contribution in [1.29, 1.82) is 0 Å². The molecule has 0 radical (unpaired) electrons. The Bertz CT molecular complexity index is 554. The third kappa shape index (κ3) is 5.78. The Kier molecular flexibility index (Phi) is 6.60. The van der Waals surface area contributed by atoms with Crippen molar-refractivity contribution in [3.8, 4) is 0 Å². The third-order valence-electron chi connectivity index (χ3n) is 3.74. The summed E-state index contributed by atoms with van der Waals surface area (Å²) >= 11 is 6.02. The van der Waals surface area contributed by atoms with E-state index >= 15 is 0 Å². The lowest BCUT2D eigenvalue weighted by Gasteiger charge is -2.37. The molecule has 0 aliphatic carbocycles. The Balaban J connectivity index is 1.93. The van der Waals surface area contributed by atoms with Crippen molar-refractivity contribution in [1.82, 2.24) is 10.2 Å². The smallest absolute Gasteiger partial charge is 0.368 e. The van der Waals surface area contributed by atoms with Crippen LogP contribution in [0, 0.1) is 0 Å². The minimum atomic E-state index is -4.17. The number of hydrogen-bond acceptors (Lipinski definition) is 2. The van der Waals surface area contributed by atoms with Gasteiger partial charge in [-0.05, 0) is 25.1 Å². The number of halogens is 4. The molecule has 1 aliphatic heterocycles. The van der Waals surface area contributed by atoms with Crippen molar-refractivity contribution >= 4 is 23.2 Å². The van der Waals surface area contributed by atoms with Gasteiger partial charge in [0.2, 0.25) is 0 Å². The first-order valence-electron chi connectivity index (χ1n) is 7.99. The zero-order chi connectivity index (χ0) is 17.6. The fourth-order valence-corrected chi connectivity index (χ4v) is 2.75. The maximum atomic E-state index is 12.3. The van der Waals surface area contributed by atoms with Crippen LogP contribution < -0.4 is 10.2 Å². The highest BCUT2D eigenvalue weighted by Gasteiger charge is 2.26. The quantitative estimate of drug-likeness (QED) is 0.658. The molecule has 1 fully saturated rings. The Morgan fingerprint density at radius 3 is 2.54 bits per heavy atom. The molecule has 0 spiro atoms. The standard InChI is InChI=1S/C16H22ClF3N4/c1-2-21-15(22-7-6-16(18,19)20)24-10-8-23(9-11-24)14-5-3-4-13(17)12-14/h3-5,12H,2,6-11H2,1H3,(H,21,22). The number of aliphatic imine (C=N–C) groups is 1. The first kappa shape index (κ1) is 18.7. The molecule has 0 atom stereocenters. The van der Waals surface area contributed by atoms with E-state index in [1.54, 1.807) is 0 Å². The second kappa shape index (κ2) is 8.46. The normalized spacial score (nSPS) is 16.5. The molecule has 1 aromatic carbocycles. The SMILES string of the molecule is CCNC(=NCCC(F)(F)F)N1CCN(c2cccc(Cl)c2)CC1. The van der Waals surface area contributed by atoms with E-state index in [9.17, 15) is 13.2 Å². The van der Waals surface area contributed by atoms with Gasteiger partial charge in [-0.1, -0.05) is 17.7 Å². The minimum absolute atomic E-state index is 0.250. The van der Waals surface area contributed by atoms with Gasteiger partial charge in [0.15, 0.2) is 5.96 Å². The highest BCUT2D eigenvalue weighted by atomic mass is 35.5. The Morgan fingerprint density at radius 2 is 1.96 bits per heavy atom. The second-order valence-electron chi connectivity index (χ2n) is 5.55. The maximum absolute atomic E-state index is 12.3. The summed E-state index contributed by atoms with van der Waals surface area (Å²) in [6, 6.07) is 7.66. The minimum Gasteiger partial charge on any atom is -0.368 e. The molecule has 134 valence electrons. The highest BCUT2D eigenvalue weighted by Crippen LogP contribution is 2.21. The van der Waals surface area contributed by atoms with Gasteiger partial charge >= 0.3 is 6.18 Å². The molecule has 1 aromatic rings. The van der Waals surface area contributed by atoms with Gasteiger partial charge in [0.05, 0.1) is 13.0 Å². The summed E-state index contributed by atoms with van der Waals surface area (Å²) in [5.41, 5.74) is 1.06. The Hall–Kier alpha value is -1.63. The van der Waals surface area contributed by atoms with Crippen LogP contribution in [0.2, 0.25) is 5.02 Å². The fourth-order valence-electron chi connectivity index (χ4n) is 2.56. The molecule has 4 nitrogen and oxygen atoms in total. The molecule has 0 saturated carbocycles. The van der Waals surface area contributed by atoms with E-state index in [1.165, 1.54) is 0 Å². The van der Waals surface area contributed by atoms with E-state index in [0.717, 1.165) is 18.8 Å². The maximum Gasteiger partial charge on any atom is 0.390 e.